The predicted octanol–water partition coefficient (Wildman–Crippen LogP) is 5.69. The van der Waals surface area contributed by atoms with Gasteiger partial charge in [-0.2, -0.15) is 10.2 Å². The molecule has 0 fully saturated rings. The molecule has 194 valence electrons. The van der Waals surface area contributed by atoms with Gasteiger partial charge in [0.1, 0.15) is 11.4 Å². The van der Waals surface area contributed by atoms with Gasteiger partial charge in [-0.15, -0.1) is 0 Å². The van der Waals surface area contributed by atoms with Crippen LogP contribution in [0, 0.1) is 10.1 Å². The van der Waals surface area contributed by atoms with Gasteiger partial charge in [0.25, 0.3) is 15.7 Å². The number of hydrogen-bond acceptors (Lipinski definition) is 7. The molecule has 39 heavy (non-hydrogen) atoms. The number of hydrogen-bond donors (Lipinski definition) is 2. The quantitative estimate of drug-likeness (QED) is 0.141. The van der Waals surface area contributed by atoms with Crippen molar-refractivity contribution in [3.05, 3.63) is 131 Å². The number of benzene rings is 4. The number of rotatable bonds is 9. The first-order chi connectivity index (χ1) is 18.9. The molecule has 0 aliphatic heterocycles. The Kier molecular flexibility index (Phi) is 7.15. The molecule has 5 rings (SSSR count). The molecule has 10 nitrogen and oxygen atoms in total. The van der Waals surface area contributed by atoms with Crippen LogP contribution >= 0.6 is 0 Å². The Morgan fingerprint density at radius 1 is 0.872 bits per heavy atom. The third-order valence-corrected chi connectivity index (χ3v) is 7.08. The van der Waals surface area contributed by atoms with Gasteiger partial charge in [0.2, 0.25) is 0 Å². The van der Waals surface area contributed by atoms with E-state index in [1.54, 1.807) is 35.0 Å². The number of hydrazone groups is 1. The monoisotopic (exact) mass is 538 g/mol. The van der Waals surface area contributed by atoms with Crippen molar-refractivity contribution in [2.24, 2.45) is 5.10 Å². The van der Waals surface area contributed by atoms with Crippen LogP contribution < -0.4 is 10.1 Å². The lowest BCUT2D eigenvalue weighted by molar-refractivity contribution is -0.384. The maximum atomic E-state index is 12.8. The van der Waals surface area contributed by atoms with Crippen molar-refractivity contribution in [3.8, 4) is 16.9 Å². The highest BCUT2D eigenvalue weighted by atomic mass is 32.2. The lowest BCUT2D eigenvalue weighted by Gasteiger charge is -2.09. The lowest BCUT2D eigenvalue weighted by atomic mass is 10.1. The highest BCUT2D eigenvalue weighted by molar-refractivity contribution is 7.92. The zero-order chi connectivity index (χ0) is 27.2. The summed E-state index contributed by atoms with van der Waals surface area (Å²) in [6.07, 6.45) is 3.32. The standard InChI is InChI=1S/C28H22N6O4S/c35-34(36)27-18-25(39(37,38)32-23-12-6-2-7-13-23)16-17-26(27)30-29-19-22-20-33(24-14-8-3-9-15-24)31-28(22)21-10-4-1-5-11-21/h1-20,30,32H/b29-19+. The first-order valence-electron chi connectivity index (χ1n) is 11.8. The van der Waals surface area contributed by atoms with Gasteiger partial charge in [0, 0.05) is 29.1 Å². The van der Waals surface area contributed by atoms with Crippen LogP contribution in [0.15, 0.2) is 125 Å². The minimum atomic E-state index is -4.04. The molecule has 0 aliphatic rings. The van der Waals surface area contributed by atoms with E-state index in [0.717, 1.165) is 17.3 Å². The SMILES string of the molecule is O=[N+]([O-])c1cc(S(=O)(=O)Nc2ccccc2)ccc1N/N=C/c1cn(-c2ccccc2)nc1-c1ccccc1. The van der Waals surface area contributed by atoms with E-state index >= 15 is 0 Å². The number of sulfonamides is 1. The Morgan fingerprint density at radius 2 is 1.51 bits per heavy atom. The molecule has 0 bridgehead atoms. The number of nitrogens with one attached hydrogen (secondary N) is 2. The number of anilines is 2. The number of para-hydroxylation sites is 2. The van der Waals surface area contributed by atoms with Gasteiger partial charge < -0.3 is 0 Å². The average molecular weight is 539 g/mol. The van der Waals surface area contributed by atoms with E-state index in [4.69, 9.17) is 5.10 Å². The molecule has 0 aliphatic carbocycles. The predicted molar refractivity (Wildman–Crippen MR) is 151 cm³/mol. The van der Waals surface area contributed by atoms with Crippen molar-refractivity contribution >= 4 is 33.3 Å². The molecular formula is C28H22N6O4S. The molecule has 1 aromatic heterocycles. The zero-order valence-electron chi connectivity index (χ0n) is 20.4. The number of nitrogens with zero attached hydrogens (tertiary/aromatic N) is 4. The van der Waals surface area contributed by atoms with E-state index in [0.29, 0.717) is 16.9 Å². The van der Waals surface area contributed by atoms with Gasteiger partial charge in [-0.3, -0.25) is 20.3 Å². The maximum absolute atomic E-state index is 12.8. The Balaban J connectivity index is 1.43. The minimum absolute atomic E-state index is 0.0339. The molecule has 0 radical (unpaired) electrons. The van der Waals surface area contributed by atoms with Crippen molar-refractivity contribution < 1.29 is 13.3 Å². The summed E-state index contributed by atoms with van der Waals surface area (Å²) in [5.74, 6) is 0. The second-order valence-electron chi connectivity index (χ2n) is 8.36. The summed E-state index contributed by atoms with van der Waals surface area (Å²) in [5, 5.41) is 20.7. The summed E-state index contributed by atoms with van der Waals surface area (Å²) in [6, 6.07) is 31.0. The van der Waals surface area contributed by atoms with Gasteiger partial charge in [0.05, 0.1) is 21.7 Å². The number of aromatic nitrogens is 2. The minimum Gasteiger partial charge on any atom is -0.280 e. The summed E-state index contributed by atoms with van der Waals surface area (Å²) in [5.41, 5.74) is 5.70. The maximum Gasteiger partial charge on any atom is 0.295 e. The highest BCUT2D eigenvalue weighted by Crippen LogP contribution is 2.29. The van der Waals surface area contributed by atoms with Crippen LogP contribution in [0.4, 0.5) is 17.1 Å². The molecule has 0 saturated carbocycles. The second kappa shape index (κ2) is 11.0. The van der Waals surface area contributed by atoms with Crippen LogP contribution in [-0.2, 0) is 10.0 Å². The van der Waals surface area contributed by atoms with Crippen LogP contribution in [0.3, 0.4) is 0 Å². The molecule has 4 aromatic carbocycles. The average Bonchev–Trinajstić information content (AvgIpc) is 3.38. The largest absolute Gasteiger partial charge is 0.295 e. The Bertz CT molecular complexity index is 1740. The van der Waals surface area contributed by atoms with Crippen molar-refractivity contribution in [2.75, 3.05) is 10.1 Å². The van der Waals surface area contributed by atoms with E-state index in [9.17, 15) is 18.5 Å². The second-order valence-corrected chi connectivity index (χ2v) is 10.0. The summed E-state index contributed by atoms with van der Waals surface area (Å²) >= 11 is 0. The first kappa shape index (κ1) is 25.4. The molecule has 0 atom stereocenters. The van der Waals surface area contributed by atoms with Gasteiger partial charge >= 0.3 is 0 Å². The Labute approximate surface area is 224 Å². The van der Waals surface area contributed by atoms with Crippen LogP contribution in [-0.4, -0.2) is 29.3 Å². The fourth-order valence-corrected chi connectivity index (χ4v) is 4.91. The van der Waals surface area contributed by atoms with Crippen LogP contribution in [0.5, 0.6) is 0 Å². The van der Waals surface area contributed by atoms with Crippen LogP contribution in [0.2, 0.25) is 0 Å². The summed E-state index contributed by atoms with van der Waals surface area (Å²) in [7, 11) is -4.04. The molecule has 11 heteroatoms. The number of nitro groups is 1. The fourth-order valence-electron chi connectivity index (χ4n) is 3.83. The summed E-state index contributed by atoms with van der Waals surface area (Å²) in [4.78, 5) is 10.9. The molecule has 2 N–H and O–H groups in total. The molecular weight excluding hydrogens is 516 g/mol. The third-order valence-electron chi connectivity index (χ3n) is 5.70. The van der Waals surface area contributed by atoms with Gasteiger partial charge in [-0.05, 0) is 36.4 Å². The van der Waals surface area contributed by atoms with Crippen LogP contribution in [0.1, 0.15) is 5.56 Å². The number of nitro benzene ring substituents is 1. The first-order valence-corrected chi connectivity index (χ1v) is 13.2. The molecule has 0 spiro atoms. The normalized spacial score (nSPS) is 11.4. The molecule has 0 unspecified atom stereocenters. The molecule has 0 amide bonds. The topological polar surface area (TPSA) is 132 Å². The third kappa shape index (κ3) is 5.84. The highest BCUT2D eigenvalue weighted by Gasteiger charge is 2.21. The fraction of sp³-hybridized carbons (Fsp3) is 0. The van der Waals surface area contributed by atoms with Gasteiger partial charge in [-0.25, -0.2) is 13.1 Å². The van der Waals surface area contributed by atoms with E-state index in [1.165, 1.54) is 18.3 Å². The van der Waals surface area contributed by atoms with Gasteiger partial charge in [0.15, 0.2) is 0 Å². The summed E-state index contributed by atoms with van der Waals surface area (Å²) < 4.78 is 29.7. The zero-order valence-corrected chi connectivity index (χ0v) is 21.2. The molecule has 1 heterocycles. The van der Waals surface area contributed by atoms with Crippen molar-refractivity contribution in [1.29, 1.82) is 0 Å². The molecule has 0 saturated heterocycles. The van der Waals surface area contributed by atoms with Crippen molar-refractivity contribution in [3.63, 3.8) is 0 Å². The smallest absolute Gasteiger partial charge is 0.280 e. The summed E-state index contributed by atoms with van der Waals surface area (Å²) in [6.45, 7) is 0. The van der Waals surface area contributed by atoms with Crippen LogP contribution in [0.25, 0.3) is 16.9 Å². The molecule has 5 aromatic rings. The Hall–Kier alpha value is -5.29. The van der Waals surface area contributed by atoms with Crippen molar-refractivity contribution in [2.45, 2.75) is 4.90 Å². The van der Waals surface area contributed by atoms with Gasteiger partial charge in [-0.1, -0.05) is 66.7 Å². The van der Waals surface area contributed by atoms with Crippen molar-refractivity contribution in [1.82, 2.24) is 9.78 Å². The van der Waals surface area contributed by atoms with E-state index in [2.05, 4.69) is 15.2 Å². The lowest BCUT2D eigenvalue weighted by Crippen LogP contribution is -2.13. The van der Waals surface area contributed by atoms with E-state index in [-0.39, 0.29) is 10.6 Å². The van der Waals surface area contributed by atoms with E-state index < -0.39 is 20.6 Å². The van der Waals surface area contributed by atoms with E-state index in [1.807, 2.05) is 66.9 Å². The Morgan fingerprint density at radius 3 is 2.18 bits per heavy atom.